The molecule has 1 aromatic rings. The van der Waals surface area contributed by atoms with E-state index in [2.05, 4.69) is 21.9 Å². The molecular formula is C20H27N3O2. The van der Waals surface area contributed by atoms with Crippen LogP contribution in [0.3, 0.4) is 0 Å². The molecule has 2 heterocycles. The van der Waals surface area contributed by atoms with E-state index in [9.17, 15) is 9.59 Å². The summed E-state index contributed by atoms with van der Waals surface area (Å²) in [7, 11) is 0. The summed E-state index contributed by atoms with van der Waals surface area (Å²) in [6.07, 6.45) is 6.52. The fourth-order valence-electron chi connectivity index (χ4n) is 4.43. The van der Waals surface area contributed by atoms with Crippen molar-refractivity contribution in [3.05, 3.63) is 29.8 Å². The molecule has 1 aliphatic carbocycles. The van der Waals surface area contributed by atoms with Gasteiger partial charge in [-0.3, -0.25) is 14.5 Å². The largest absolute Gasteiger partial charge is 0.337 e. The van der Waals surface area contributed by atoms with E-state index in [-0.39, 0.29) is 11.8 Å². The van der Waals surface area contributed by atoms with E-state index >= 15 is 0 Å². The molecule has 134 valence electrons. The van der Waals surface area contributed by atoms with Crippen LogP contribution >= 0.6 is 0 Å². The van der Waals surface area contributed by atoms with Crippen LogP contribution < -0.4 is 4.90 Å². The number of nitrogens with zero attached hydrogens (tertiary/aromatic N) is 3. The molecule has 4 rings (SSSR count). The van der Waals surface area contributed by atoms with E-state index in [1.165, 1.54) is 31.2 Å². The quantitative estimate of drug-likeness (QED) is 0.845. The van der Waals surface area contributed by atoms with Crippen molar-refractivity contribution in [1.82, 2.24) is 9.80 Å². The first-order valence-corrected chi connectivity index (χ1v) is 9.62. The maximum Gasteiger partial charge on any atom is 0.237 e. The van der Waals surface area contributed by atoms with Crippen LogP contribution in [-0.2, 0) is 16.1 Å². The summed E-state index contributed by atoms with van der Waals surface area (Å²) in [5, 5.41) is 0. The maximum absolute atomic E-state index is 12.5. The van der Waals surface area contributed by atoms with Crippen LogP contribution in [0.4, 0.5) is 5.69 Å². The molecule has 0 atom stereocenters. The molecule has 3 aliphatic rings. The first-order chi connectivity index (χ1) is 12.2. The summed E-state index contributed by atoms with van der Waals surface area (Å²) in [6, 6.07) is 8.75. The lowest BCUT2D eigenvalue weighted by Crippen LogP contribution is -2.53. The third-order valence-corrected chi connectivity index (χ3v) is 5.83. The van der Waals surface area contributed by atoms with Gasteiger partial charge in [0.2, 0.25) is 11.8 Å². The van der Waals surface area contributed by atoms with Crippen molar-refractivity contribution in [3.8, 4) is 0 Å². The van der Waals surface area contributed by atoms with E-state index in [4.69, 9.17) is 0 Å². The lowest BCUT2D eigenvalue weighted by Gasteiger charge is -2.37. The van der Waals surface area contributed by atoms with Crippen molar-refractivity contribution in [2.24, 2.45) is 0 Å². The summed E-state index contributed by atoms with van der Waals surface area (Å²) in [5.74, 6) is 0.513. The van der Waals surface area contributed by atoms with E-state index in [0.717, 1.165) is 38.3 Å². The zero-order chi connectivity index (χ0) is 17.2. The average Bonchev–Trinajstić information content (AvgIpc) is 3.28. The fourth-order valence-corrected chi connectivity index (χ4v) is 4.43. The third kappa shape index (κ3) is 3.56. The molecule has 2 amide bonds. The summed E-state index contributed by atoms with van der Waals surface area (Å²) >= 11 is 0. The van der Waals surface area contributed by atoms with Gasteiger partial charge in [0.15, 0.2) is 0 Å². The lowest BCUT2D eigenvalue weighted by molar-refractivity contribution is -0.138. The topological polar surface area (TPSA) is 43.9 Å². The minimum Gasteiger partial charge on any atom is -0.337 e. The molecule has 2 aliphatic heterocycles. The monoisotopic (exact) mass is 341 g/mol. The van der Waals surface area contributed by atoms with Crippen LogP contribution in [0, 0.1) is 0 Å². The SMILES string of the molecule is O=C1CCCN1c1ccc(CN2CCN(C3CCCC3)C(=O)C2)cc1. The van der Waals surface area contributed by atoms with E-state index in [0.29, 0.717) is 19.0 Å². The number of carbonyl (C=O) groups excluding carboxylic acids is 2. The van der Waals surface area contributed by atoms with E-state index in [1.54, 1.807) is 0 Å². The molecule has 0 aromatic heterocycles. The Hall–Kier alpha value is -1.88. The molecule has 1 saturated carbocycles. The Morgan fingerprint density at radius 1 is 0.880 bits per heavy atom. The Morgan fingerprint density at radius 3 is 2.28 bits per heavy atom. The number of hydrogen-bond donors (Lipinski definition) is 0. The fraction of sp³-hybridized carbons (Fsp3) is 0.600. The molecule has 0 unspecified atom stereocenters. The predicted octanol–water partition coefficient (Wildman–Crippen LogP) is 2.40. The number of benzene rings is 1. The third-order valence-electron chi connectivity index (χ3n) is 5.83. The van der Waals surface area contributed by atoms with Gasteiger partial charge in [0, 0.05) is 44.3 Å². The summed E-state index contributed by atoms with van der Waals surface area (Å²) in [5.41, 5.74) is 2.20. The molecule has 0 spiro atoms. The summed E-state index contributed by atoms with van der Waals surface area (Å²) in [4.78, 5) is 30.5. The Labute approximate surface area is 149 Å². The standard InChI is InChI=1S/C20H27N3O2/c24-19-6-3-11-22(19)18-9-7-16(8-10-18)14-21-12-13-23(20(25)15-21)17-4-1-2-5-17/h7-10,17H,1-6,11-15H2. The number of hydrogen-bond acceptors (Lipinski definition) is 3. The Balaban J connectivity index is 1.33. The molecule has 2 saturated heterocycles. The predicted molar refractivity (Wildman–Crippen MR) is 97.3 cm³/mol. The van der Waals surface area contributed by atoms with Gasteiger partial charge in [-0.15, -0.1) is 0 Å². The first kappa shape index (κ1) is 16.6. The lowest BCUT2D eigenvalue weighted by atomic mass is 10.1. The van der Waals surface area contributed by atoms with E-state index < -0.39 is 0 Å². The summed E-state index contributed by atoms with van der Waals surface area (Å²) in [6.45, 7) is 3.98. The van der Waals surface area contributed by atoms with Crippen molar-refractivity contribution >= 4 is 17.5 Å². The van der Waals surface area contributed by atoms with Crippen molar-refractivity contribution in [3.63, 3.8) is 0 Å². The van der Waals surface area contributed by atoms with Crippen LogP contribution in [0.15, 0.2) is 24.3 Å². The van der Waals surface area contributed by atoms with Crippen LogP contribution in [0.25, 0.3) is 0 Å². The highest BCUT2D eigenvalue weighted by atomic mass is 16.2. The van der Waals surface area contributed by atoms with Crippen molar-refractivity contribution in [2.75, 3.05) is 31.1 Å². The van der Waals surface area contributed by atoms with Crippen LogP contribution in [0.5, 0.6) is 0 Å². The molecule has 0 radical (unpaired) electrons. The van der Waals surface area contributed by atoms with Gasteiger partial charge in [-0.1, -0.05) is 25.0 Å². The normalized spacial score (nSPS) is 23.0. The minimum absolute atomic E-state index is 0.224. The molecule has 3 fully saturated rings. The number of amides is 2. The van der Waals surface area contributed by atoms with Gasteiger partial charge < -0.3 is 9.80 Å². The van der Waals surface area contributed by atoms with Gasteiger partial charge in [0.1, 0.15) is 0 Å². The molecule has 5 nitrogen and oxygen atoms in total. The Kier molecular flexibility index (Phi) is 4.75. The average molecular weight is 341 g/mol. The van der Waals surface area contributed by atoms with Gasteiger partial charge in [-0.05, 0) is 37.0 Å². The summed E-state index contributed by atoms with van der Waals surface area (Å²) < 4.78 is 0. The van der Waals surface area contributed by atoms with Gasteiger partial charge in [0.25, 0.3) is 0 Å². The second-order valence-corrected chi connectivity index (χ2v) is 7.55. The zero-order valence-electron chi connectivity index (χ0n) is 14.8. The van der Waals surface area contributed by atoms with E-state index in [1.807, 2.05) is 17.0 Å². The highest BCUT2D eigenvalue weighted by Gasteiger charge is 2.31. The molecule has 1 aromatic carbocycles. The Morgan fingerprint density at radius 2 is 1.64 bits per heavy atom. The molecule has 0 bridgehead atoms. The number of rotatable bonds is 4. The second kappa shape index (κ2) is 7.16. The highest BCUT2D eigenvalue weighted by molar-refractivity contribution is 5.95. The van der Waals surface area contributed by atoms with Gasteiger partial charge in [-0.2, -0.15) is 0 Å². The van der Waals surface area contributed by atoms with Crippen LogP contribution in [0.2, 0.25) is 0 Å². The number of anilines is 1. The molecule has 5 heteroatoms. The van der Waals surface area contributed by atoms with Gasteiger partial charge in [0.05, 0.1) is 6.54 Å². The van der Waals surface area contributed by atoms with Crippen LogP contribution in [0.1, 0.15) is 44.1 Å². The Bertz CT molecular complexity index is 637. The number of piperazine rings is 1. The minimum atomic E-state index is 0.224. The van der Waals surface area contributed by atoms with Crippen molar-refractivity contribution in [1.29, 1.82) is 0 Å². The highest BCUT2D eigenvalue weighted by Crippen LogP contribution is 2.26. The second-order valence-electron chi connectivity index (χ2n) is 7.55. The number of carbonyl (C=O) groups is 2. The van der Waals surface area contributed by atoms with Gasteiger partial charge >= 0.3 is 0 Å². The first-order valence-electron chi connectivity index (χ1n) is 9.62. The molecular weight excluding hydrogens is 314 g/mol. The van der Waals surface area contributed by atoms with Crippen molar-refractivity contribution < 1.29 is 9.59 Å². The molecule has 25 heavy (non-hydrogen) atoms. The van der Waals surface area contributed by atoms with Crippen molar-refractivity contribution in [2.45, 2.75) is 51.1 Å². The molecule has 0 N–H and O–H groups in total. The van der Waals surface area contributed by atoms with Crippen LogP contribution in [-0.4, -0.2) is 53.8 Å². The maximum atomic E-state index is 12.5. The zero-order valence-corrected chi connectivity index (χ0v) is 14.8. The smallest absolute Gasteiger partial charge is 0.237 e. The van der Waals surface area contributed by atoms with Gasteiger partial charge in [-0.25, -0.2) is 0 Å².